The van der Waals surface area contributed by atoms with Crippen LogP contribution >= 0.6 is 0 Å². The van der Waals surface area contributed by atoms with Gasteiger partial charge < -0.3 is 10.2 Å². The van der Waals surface area contributed by atoms with Gasteiger partial charge in [0.15, 0.2) is 0 Å². The van der Waals surface area contributed by atoms with Crippen molar-refractivity contribution in [2.24, 2.45) is 5.92 Å². The maximum Gasteiger partial charge on any atom is 0.292 e. The third kappa shape index (κ3) is 2.42. The Labute approximate surface area is 129 Å². The Hall–Kier alpha value is -2.11. The molecule has 1 atom stereocenters. The number of aryl methyl sites for hydroxylation is 1. The molecule has 6 heteroatoms. The van der Waals surface area contributed by atoms with Gasteiger partial charge in [-0.25, -0.2) is 0 Å². The van der Waals surface area contributed by atoms with Crippen LogP contribution in [0.4, 0.5) is 17.1 Å². The van der Waals surface area contributed by atoms with E-state index < -0.39 is 0 Å². The molecule has 22 heavy (non-hydrogen) atoms. The number of carbonyl (C=O) groups is 1. The van der Waals surface area contributed by atoms with Gasteiger partial charge in [0.2, 0.25) is 5.91 Å². The third-order valence-corrected chi connectivity index (χ3v) is 4.66. The van der Waals surface area contributed by atoms with E-state index in [-0.39, 0.29) is 22.1 Å². The molecule has 118 valence electrons. The van der Waals surface area contributed by atoms with E-state index in [2.05, 4.69) is 31.0 Å². The summed E-state index contributed by atoms with van der Waals surface area (Å²) in [6.07, 6.45) is 1.94. The Balaban J connectivity index is 2.11. The quantitative estimate of drug-likeness (QED) is 0.673. The summed E-state index contributed by atoms with van der Waals surface area (Å²) in [6, 6.07) is 3.41. The summed E-state index contributed by atoms with van der Waals surface area (Å²) in [5.74, 6) is 0.460. The van der Waals surface area contributed by atoms with Gasteiger partial charge in [0.1, 0.15) is 5.69 Å². The minimum absolute atomic E-state index is 0.0265. The van der Waals surface area contributed by atoms with Crippen LogP contribution in [0.2, 0.25) is 0 Å². The first-order valence-electron chi connectivity index (χ1n) is 7.67. The van der Waals surface area contributed by atoms with Crippen molar-refractivity contribution in [1.82, 2.24) is 0 Å². The van der Waals surface area contributed by atoms with Crippen molar-refractivity contribution >= 4 is 23.0 Å². The van der Waals surface area contributed by atoms with Crippen LogP contribution in [0.5, 0.6) is 0 Å². The molecule has 6 nitrogen and oxygen atoms in total. The first kappa shape index (κ1) is 14.8. The average Bonchev–Trinajstić information content (AvgIpc) is 2.69. The molecule has 1 amide bonds. The van der Waals surface area contributed by atoms with Gasteiger partial charge in [-0.3, -0.25) is 14.9 Å². The molecule has 0 bridgehead atoms. The lowest BCUT2D eigenvalue weighted by atomic mass is 9.96. The molecule has 0 unspecified atom stereocenters. The lowest BCUT2D eigenvalue weighted by Gasteiger charge is -2.34. The van der Waals surface area contributed by atoms with Crippen LogP contribution in [0.25, 0.3) is 0 Å². The van der Waals surface area contributed by atoms with Crippen molar-refractivity contribution < 1.29 is 9.72 Å². The number of nitro groups is 1. The lowest BCUT2D eigenvalue weighted by molar-refractivity contribution is -0.384. The van der Waals surface area contributed by atoms with Crippen LogP contribution < -0.4 is 10.2 Å². The second kappa shape index (κ2) is 4.97. The van der Waals surface area contributed by atoms with Gasteiger partial charge in [0.25, 0.3) is 5.69 Å². The summed E-state index contributed by atoms with van der Waals surface area (Å²) in [4.78, 5) is 24.9. The van der Waals surface area contributed by atoms with Crippen molar-refractivity contribution in [2.75, 3.05) is 16.8 Å². The topological polar surface area (TPSA) is 75.5 Å². The number of nitrogens with one attached hydrogen (secondary N) is 1. The van der Waals surface area contributed by atoms with Crippen molar-refractivity contribution in [3.05, 3.63) is 27.8 Å². The standard InChI is InChI=1S/C16H21N3O3/c1-10-8-16(2,3)18(9-10)13-7-12-11(4-5-15(20)17-12)6-14(13)19(21)22/h6-7,10H,4-5,8-9H2,1-3H3,(H,17,20)/t10-/m1/s1. The van der Waals surface area contributed by atoms with Crippen molar-refractivity contribution in [2.45, 2.75) is 45.6 Å². The molecule has 1 saturated heterocycles. The maximum absolute atomic E-state index is 11.6. The highest BCUT2D eigenvalue weighted by atomic mass is 16.6. The van der Waals surface area contributed by atoms with Crippen LogP contribution in [0.1, 0.15) is 39.2 Å². The molecule has 0 radical (unpaired) electrons. The molecule has 0 spiro atoms. The lowest BCUT2D eigenvalue weighted by Crippen LogP contribution is -2.38. The minimum Gasteiger partial charge on any atom is -0.361 e. The van der Waals surface area contributed by atoms with E-state index in [1.807, 2.05) is 0 Å². The van der Waals surface area contributed by atoms with E-state index in [9.17, 15) is 14.9 Å². The van der Waals surface area contributed by atoms with Gasteiger partial charge in [0.05, 0.1) is 4.92 Å². The summed E-state index contributed by atoms with van der Waals surface area (Å²) in [5, 5.41) is 14.4. The fourth-order valence-electron chi connectivity index (χ4n) is 3.78. The second-order valence-electron chi connectivity index (χ2n) is 7.04. The largest absolute Gasteiger partial charge is 0.361 e. The highest BCUT2D eigenvalue weighted by molar-refractivity contribution is 5.95. The Morgan fingerprint density at radius 3 is 2.68 bits per heavy atom. The summed E-state index contributed by atoms with van der Waals surface area (Å²) in [7, 11) is 0. The second-order valence-corrected chi connectivity index (χ2v) is 7.04. The predicted molar refractivity (Wildman–Crippen MR) is 85.3 cm³/mol. The maximum atomic E-state index is 11.6. The number of benzene rings is 1. The van der Waals surface area contributed by atoms with Crippen molar-refractivity contribution in [1.29, 1.82) is 0 Å². The molecule has 1 aromatic rings. The van der Waals surface area contributed by atoms with E-state index >= 15 is 0 Å². The molecule has 1 fully saturated rings. The number of nitro benzene ring substituents is 1. The van der Waals surface area contributed by atoms with Gasteiger partial charge in [-0.1, -0.05) is 6.92 Å². The molecule has 3 rings (SSSR count). The van der Waals surface area contributed by atoms with E-state index in [0.29, 0.717) is 30.1 Å². The summed E-state index contributed by atoms with van der Waals surface area (Å²) in [5.41, 5.74) is 2.18. The fourth-order valence-corrected chi connectivity index (χ4v) is 3.78. The van der Waals surface area contributed by atoms with Crippen LogP contribution in [0.3, 0.4) is 0 Å². The third-order valence-electron chi connectivity index (χ3n) is 4.66. The summed E-state index contributed by atoms with van der Waals surface area (Å²) < 4.78 is 0. The van der Waals surface area contributed by atoms with Gasteiger partial charge in [0, 0.05) is 30.3 Å². The number of nitrogens with zero attached hydrogens (tertiary/aromatic N) is 2. The van der Waals surface area contributed by atoms with Crippen molar-refractivity contribution in [3.8, 4) is 0 Å². The van der Waals surface area contributed by atoms with E-state index in [0.717, 1.165) is 18.5 Å². The number of amides is 1. The average molecular weight is 303 g/mol. The zero-order valence-corrected chi connectivity index (χ0v) is 13.2. The highest BCUT2D eigenvalue weighted by Gasteiger charge is 2.39. The predicted octanol–water partition coefficient (Wildman–Crippen LogP) is 3.10. The molecule has 2 aliphatic heterocycles. The summed E-state index contributed by atoms with van der Waals surface area (Å²) in [6.45, 7) is 7.17. The monoisotopic (exact) mass is 303 g/mol. The zero-order chi connectivity index (χ0) is 16.1. The van der Waals surface area contributed by atoms with Crippen LogP contribution in [-0.2, 0) is 11.2 Å². The fraction of sp³-hybridized carbons (Fsp3) is 0.562. The smallest absolute Gasteiger partial charge is 0.292 e. The molecule has 0 aromatic heterocycles. The van der Waals surface area contributed by atoms with Gasteiger partial charge in [-0.15, -0.1) is 0 Å². The van der Waals surface area contributed by atoms with E-state index in [4.69, 9.17) is 0 Å². The summed E-state index contributed by atoms with van der Waals surface area (Å²) >= 11 is 0. The molecular formula is C16H21N3O3. The molecule has 0 aliphatic carbocycles. The Bertz CT molecular complexity index is 654. The molecule has 1 N–H and O–H groups in total. The Kier molecular flexibility index (Phi) is 3.34. The van der Waals surface area contributed by atoms with Gasteiger partial charge in [-0.05, 0) is 44.2 Å². The number of hydrogen-bond acceptors (Lipinski definition) is 4. The number of hydrogen-bond donors (Lipinski definition) is 1. The Morgan fingerprint density at radius 2 is 2.09 bits per heavy atom. The molecule has 0 saturated carbocycles. The number of rotatable bonds is 2. The molecular weight excluding hydrogens is 282 g/mol. The first-order valence-corrected chi connectivity index (χ1v) is 7.67. The van der Waals surface area contributed by atoms with Crippen LogP contribution in [0.15, 0.2) is 12.1 Å². The minimum atomic E-state index is -0.314. The van der Waals surface area contributed by atoms with Gasteiger partial charge in [-0.2, -0.15) is 0 Å². The Morgan fingerprint density at radius 1 is 1.36 bits per heavy atom. The van der Waals surface area contributed by atoms with E-state index in [1.165, 1.54) is 0 Å². The SMILES string of the molecule is C[C@H]1CN(c2cc3c(cc2[N+](=O)[O-])CCC(=O)N3)C(C)(C)C1. The normalized spacial score (nSPS) is 23.1. The molecule has 2 aliphatic rings. The first-order chi connectivity index (χ1) is 10.3. The molecule has 1 aromatic carbocycles. The molecule has 2 heterocycles. The van der Waals surface area contributed by atoms with E-state index in [1.54, 1.807) is 12.1 Å². The van der Waals surface area contributed by atoms with Crippen molar-refractivity contribution in [3.63, 3.8) is 0 Å². The number of carbonyl (C=O) groups excluding carboxylic acids is 1. The number of fused-ring (bicyclic) bond motifs is 1. The zero-order valence-electron chi connectivity index (χ0n) is 13.2. The van der Waals surface area contributed by atoms with Gasteiger partial charge >= 0.3 is 0 Å². The number of anilines is 2. The highest BCUT2D eigenvalue weighted by Crippen LogP contribution is 2.43. The van der Waals surface area contributed by atoms with Crippen LogP contribution in [0, 0.1) is 16.0 Å². The van der Waals surface area contributed by atoms with Crippen LogP contribution in [-0.4, -0.2) is 22.9 Å².